The van der Waals surface area contributed by atoms with E-state index in [0.29, 0.717) is 25.4 Å². The maximum Gasteiger partial charge on any atom is 0.232 e. The van der Waals surface area contributed by atoms with E-state index in [1.165, 1.54) is 11.1 Å². The number of ether oxygens (including phenoxy) is 1. The molecule has 0 saturated carbocycles. The Bertz CT molecular complexity index is 1250. The predicted molar refractivity (Wildman–Crippen MR) is 148 cm³/mol. The van der Waals surface area contributed by atoms with Crippen molar-refractivity contribution in [2.75, 3.05) is 39.0 Å². The van der Waals surface area contributed by atoms with Crippen LogP contribution in [0.2, 0.25) is 0 Å². The molecule has 1 aromatic heterocycles. The second-order valence-electron chi connectivity index (χ2n) is 9.05. The van der Waals surface area contributed by atoms with Gasteiger partial charge in [-0.05, 0) is 23.3 Å². The van der Waals surface area contributed by atoms with E-state index < -0.39 is 0 Å². The molecule has 6 nitrogen and oxygen atoms in total. The number of hydrogen-bond donors (Lipinski definition) is 0. The van der Waals surface area contributed by atoms with E-state index in [4.69, 9.17) is 9.26 Å². The highest BCUT2D eigenvalue weighted by atomic mass is 32.2. The third-order valence-electron chi connectivity index (χ3n) is 6.62. The van der Waals surface area contributed by atoms with Crippen molar-refractivity contribution in [3.63, 3.8) is 0 Å². The Morgan fingerprint density at radius 3 is 2.19 bits per heavy atom. The largest absolute Gasteiger partial charge is 0.496 e. The van der Waals surface area contributed by atoms with Crippen LogP contribution in [0.25, 0.3) is 11.3 Å². The molecule has 1 saturated heterocycles. The number of nitrogens with zero attached hydrogens (tertiary/aromatic N) is 3. The van der Waals surface area contributed by atoms with E-state index in [9.17, 15) is 4.79 Å². The van der Waals surface area contributed by atoms with Gasteiger partial charge in [0, 0.05) is 37.8 Å². The maximum atomic E-state index is 13.1. The first kappa shape index (κ1) is 25.1. The number of carbonyl (C=O) groups excluding carboxylic acids is 1. The SMILES string of the molecule is COc1ccccc1-c1cc(CN2CCN(C(=O)CSC(c3ccccc3)c3ccccc3)CC2)on1. The van der Waals surface area contributed by atoms with E-state index in [1.54, 1.807) is 18.9 Å². The molecular formula is C30H31N3O3S. The first-order chi connectivity index (χ1) is 18.2. The van der Waals surface area contributed by atoms with E-state index in [2.05, 4.69) is 58.6 Å². The van der Waals surface area contributed by atoms with Gasteiger partial charge in [0.2, 0.25) is 5.91 Å². The van der Waals surface area contributed by atoms with Gasteiger partial charge < -0.3 is 14.2 Å². The lowest BCUT2D eigenvalue weighted by molar-refractivity contribution is -0.130. The lowest BCUT2D eigenvalue weighted by Gasteiger charge is -2.34. The van der Waals surface area contributed by atoms with E-state index in [-0.39, 0.29) is 11.2 Å². The van der Waals surface area contributed by atoms with Crippen LogP contribution < -0.4 is 4.74 Å². The van der Waals surface area contributed by atoms with Crippen molar-refractivity contribution in [1.82, 2.24) is 15.0 Å². The third kappa shape index (κ3) is 6.24. The van der Waals surface area contributed by atoms with Crippen LogP contribution in [0, 0.1) is 0 Å². The van der Waals surface area contributed by atoms with Gasteiger partial charge in [0.1, 0.15) is 11.4 Å². The summed E-state index contributed by atoms with van der Waals surface area (Å²) in [5, 5.41) is 4.38. The summed E-state index contributed by atoms with van der Waals surface area (Å²) in [6.07, 6.45) is 0. The lowest BCUT2D eigenvalue weighted by Crippen LogP contribution is -2.48. The molecule has 0 spiro atoms. The van der Waals surface area contributed by atoms with Crippen LogP contribution in [-0.4, -0.2) is 59.9 Å². The number of aromatic nitrogens is 1. The van der Waals surface area contributed by atoms with Crippen molar-refractivity contribution < 1.29 is 14.1 Å². The summed E-state index contributed by atoms with van der Waals surface area (Å²) in [5.74, 6) is 2.23. The molecule has 1 amide bonds. The number of para-hydroxylation sites is 1. The van der Waals surface area contributed by atoms with Crippen LogP contribution in [0.1, 0.15) is 22.1 Å². The first-order valence-corrected chi connectivity index (χ1v) is 13.6. The molecule has 0 atom stereocenters. The Kier molecular flexibility index (Phi) is 8.23. The molecule has 1 aliphatic heterocycles. The molecule has 4 aromatic rings. The van der Waals surface area contributed by atoms with Crippen LogP contribution in [0.5, 0.6) is 5.75 Å². The monoisotopic (exact) mass is 513 g/mol. The Hall–Kier alpha value is -3.55. The molecule has 37 heavy (non-hydrogen) atoms. The van der Waals surface area contributed by atoms with Crippen LogP contribution >= 0.6 is 11.8 Å². The van der Waals surface area contributed by atoms with Gasteiger partial charge in [-0.1, -0.05) is 78.0 Å². The van der Waals surface area contributed by atoms with Gasteiger partial charge in [-0.2, -0.15) is 0 Å². The van der Waals surface area contributed by atoms with Gasteiger partial charge in [-0.3, -0.25) is 9.69 Å². The molecule has 0 N–H and O–H groups in total. The number of rotatable bonds is 9. The highest BCUT2D eigenvalue weighted by Crippen LogP contribution is 2.35. The number of carbonyl (C=O) groups is 1. The van der Waals surface area contributed by atoms with Gasteiger partial charge in [-0.15, -0.1) is 11.8 Å². The summed E-state index contributed by atoms with van der Waals surface area (Å²) >= 11 is 1.70. The minimum absolute atomic E-state index is 0.136. The van der Waals surface area contributed by atoms with E-state index >= 15 is 0 Å². The fourth-order valence-electron chi connectivity index (χ4n) is 4.63. The van der Waals surface area contributed by atoms with E-state index in [1.807, 2.05) is 47.4 Å². The fourth-order valence-corrected chi connectivity index (χ4v) is 5.82. The van der Waals surface area contributed by atoms with Crippen molar-refractivity contribution >= 4 is 17.7 Å². The van der Waals surface area contributed by atoms with Crippen LogP contribution in [0.3, 0.4) is 0 Å². The quantitative estimate of drug-likeness (QED) is 0.294. The predicted octanol–water partition coefficient (Wildman–Crippen LogP) is 5.52. The Balaban J connectivity index is 1.14. The fraction of sp³-hybridized carbons (Fsp3) is 0.267. The highest BCUT2D eigenvalue weighted by Gasteiger charge is 2.24. The molecule has 1 aliphatic rings. The summed E-state index contributed by atoms with van der Waals surface area (Å²) in [4.78, 5) is 17.4. The van der Waals surface area contributed by atoms with Gasteiger partial charge in [0.15, 0.2) is 5.76 Å². The van der Waals surface area contributed by atoms with Crippen molar-refractivity contribution in [2.45, 2.75) is 11.8 Å². The Morgan fingerprint density at radius 2 is 1.54 bits per heavy atom. The van der Waals surface area contributed by atoms with E-state index in [0.717, 1.165) is 35.9 Å². The lowest BCUT2D eigenvalue weighted by atomic mass is 10.0. The minimum atomic E-state index is 0.136. The topological polar surface area (TPSA) is 58.8 Å². The van der Waals surface area contributed by atoms with Gasteiger partial charge >= 0.3 is 0 Å². The number of amides is 1. The number of methoxy groups -OCH3 is 1. The van der Waals surface area contributed by atoms with Crippen molar-refractivity contribution in [3.8, 4) is 17.0 Å². The second kappa shape index (κ2) is 12.1. The van der Waals surface area contributed by atoms with Crippen molar-refractivity contribution in [3.05, 3.63) is 108 Å². The zero-order valence-electron chi connectivity index (χ0n) is 21.0. The van der Waals surface area contributed by atoms with Crippen LogP contribution in [0.4, 0.5) is 0 Å². The van der Waals surface area contributed by atoms with Gasteiger partial charge in [-0.25, -0.2) is 0 Å². The molecule has 190 valence electrons. The normalized spacial score (nSPS) is 14.2. The molecule has 5 rings (SSSR count). The molecule has 2 heterocycles. The molecule has 7 heteroatoms. The summed E-state index contributed by atoms with van der Waals surface area (Å²) in [7, 11) is 1.66. The Morgan fingerprint density at radius 1 is 0.919 bits per heavy atom. The number of thioether (sulfide) groups is 1. The smallest absolute Gasteiger partial charge is 0.232 e. The first-order valence-electron chi connectivity index (χ1n) is 12.5. The summed E-state index contributed by atoms with van der Waals surface area (Å²) in [6, 6.07) is 30.6. The summed E-state index contributed by atoms with van der Waals surface area (Å²) in [6.45, 7) is 3.72. The van der Waals surface area contributed by atoms with Crippen molar-refractivity contribution in [2.24, 2.45) is 0 Å². The molecule has 0 unspecified atom stereocenters. The zero-order chi connectivity index (χ0) is 25.5. The molecule has 0 radical (unpaired) electrons. The van der Waals surface area contributed by atoms with Crippen LogP contribution in [-0.2, 0) is 11.3 Å². The summed E-state index contributed by atoms with van der Waals surface area (Å²) < 4.78 is 11.1. The third-order valence-corrected chi connectivity index (χ3v) is 7.92. The minimum Gasteiger partial charge on any atom is -0.496 e. The molecule has 1 fully saturated rings. The van der Waals surface area contributed by atoms with Gasteiger partial charge in [0.25, 0.3) is 0 Å². The number of piperazine rings is 1. The molecule has 0 bridgehead atoms. The number of hydrogen-bond acceptors (Lipinski definition) is 6. The molecular weight excluding hydrogens is 482 g/mol. The Labute approximate surface area is 222 Å². The van der Waals surface area contributed by atoms with Crippen LogP contribution in [0.15, 0.2) is 95.5 Å². The standard InChI is InChI=1S/C30H31N3O3S/c1-35-28-15-9-8-14-26(28)27-20-25(36-31-27)21-32-16-18-33(19-17-32)29(34)22-37-30(23-10-4-2-5-11-23)24-12-6-3-7-13-24/h2-15,20,30H,16-19,21-22H2,1H3. The highest BCUT2D eigenvalue weighted by molar-refractivity contribution is 8.00. The molecule has 3 aromatic carbocycles. The number of benzene rings is 3. The average Bonchev–Trinajstić information content (AvgIpc) is 3.43. The maximum absolute atomic E-state index is 13.1. The average molecular weight is 514 g/mol. The zero-order valence-corrected chi connectivity index (χ0v) is 21.8. The summed E-state index contributed by atoms with van der Waals surface area (Å²) in [5.41, 5.74) is 4.12. The molecule has 0 aliphatic carbocycles. The second-order valence-corrected chi connectivity index (χ2v) is 10.1. The van der Waals surface area contributed by atoms with Crippen molar-refractivity contribution in [1.29, 1.82) is 0 Å². The van der Waals surface area contributed by atoms with Gasteiger partial charge in [0.05, 0.1) is 24.7 Å².